The zero-order valence-corrected chi connectivity index (χ0v) is 16.1. The molecule has 3 rings (SSSR count). The van der Waals surface area contributed by atoms with E-state index in [1.165, 1.54) is 0 Å². The summed E-state index contributed by atoms with van der Waals surface area (Å²) in [6.07, 6.45) is 0. The number of hydrogen-bond acceptors (Lipinski definition) is 3. The van der Waals surface area contributed by atoms with Gasteiger partial charge in [-0.25, -0.2) is 0 Å². The minimum absolute atomic E-state index is 0.704. The van der Waals surface area contributed by atoms with Gasteiger partial charge < -0.3 is 17.2 Å². The number of nitrogen functional groups attached to an aromatic ring is 3. The van der Waals surface area contributed by atoms with E-state index in [-0.39, 0.29) is 0 Å². The third kappa shape index (κ3) is 2.69. The summed E-state index contributed by atoms with van der Waals surface area (Å²) in [6, 6.07) is 17.5. The van der Waals surface area contributed by atoms with Gasteiger partial charge in [0.2, 0.25) is 0 Å². The summed E-state index contributed by atoms with van der Waals surface area (Å²) in [4.78, 5) is -0.946. The molecule has 0 bridgehead atoms. The summed E-state index contributed by atoms with van der Waals surface area (Å²) in [5, 5.41) is 0. The van der Waals surface area contributed by atoms with Crippen LogP contribution in [0, 0.1) is 20.8 Å². The second-order valence-electron chi connectivity index (χ2n) is 6.72. The van der Waals surface area contributed by atoms with Crippen molar-refractivity contribution in [2.45, 2.75) is 25.6 Å². The number of halogens is 1. The maximum atomic E-state index is 7.48. The summed E-state index contributed by atoms with van der Waals surface area (Å²) in [7, 11) is 0. The van der Waals surface area contributed by atoms with Gasteiger partial charge in [-0.3, -0.25) is 0 Å². The average molecular weight is 366 g/mol. The quantitative estimate of drug-likeness (QED) is 0.351. The molecule has 0 aromatic heterocycles. The van der Waals surface area contributed by atoms with Crippen LogP contribution in [0.3, 0.4) is 0 Å². The van der Waals surface area contributed by atoms with E-state index in [4.69, 9.17) is 28.8 Å². The molecule has 4 heteroatoms. The van der Waals surface area contributed by atoms with Crippen LogP contribution in [0.1, 0.15) is 33.4 Å². The molecule has 0 aliphatic heterocycles. The van der Waals surface area contributed by atoms with Gasteiger partial charge in [-0.1, -0.05) is 36.4 Å². The highest BCUT2D eigenvalue weighted by molar-refractivity contribution is 6.28. The van der Waals surface area contributed by atoms with Gasteiger partial charge in [-0.2, -0.15) is 0 Å². The van der Waals surface area contributed by atoms with Crippen LogP contribution in [-0.2, 0) is 4.87 Å². The molecule has 0 aliphatic carbocycles. The molecule has 0 aliphatic rings. The highest BCUT2D eigenvalue weighted by Crippen LogP contribution is 2.48. The Kier molecular flexibility index (Phi) is 4.59. The molecule has 0 unspecified atom stereocenters. The lowest BCUT2D eigenvalue weighted by atomic mass is 9.78. The molecule has 3 aromatic carbocycles. The molecule has 26 heavy (non-hydrogen) atoms. The van der Waals surface area contributed by atoms with Crippen LogP contribution >= 0.6 is 11.6 Å². The highest BCUT2D eigenvalue weighted by Gasteiger charge is 2.38. The lowest BCUT2D eigenvalue weighted by Gasteiger charge is -2.34. The molecule has 0 spiro atoms. The zero-order chi connectivity index (χ0) is 19.1. The maximum absolute atomic E-state index is 7.48. The number of alkyl halides is 1. The van der Waals surface area contributed by atoms with Gasteiger partial charge in [0.05, 0.1) is 0 Å². The van der Waals surface area contributed by atoms with Crippen LogP contribution in [0.5, 0.6) is 0 Å². The Bertz CT molecular complexity index is 854. The third-order valence-corrected chi connectivity index (χ3v) is 5.85. The molecular formula is C22H24ClN3. The average Bonchev–Trinajstić information content (AvgIpc) is 2.61. The number of rotatable bonds is 3. The topological polar surface area (TPSA) is 78.1 Å². The second kappa shape index (κ2) is 6.58. The van der Waals surface area contributed by atoms with Crippen molar-refractivity contribution < 1.29 is 0 Å². The number of benzene rings is 3. The molecule has 134 valence electrons. The Morgan fingerprint density at radius 2 is 0.846 bits per heavy atom. The standard InChI is InChI=1S/C22H24ClN3/c1-13-16(7-4-10-19(13)24)22(23,17-8-5-11-20(25)14(17)2)18-9-6-12-21(26)15(18)3/h4-12H,24-26H2,1-3H3. The van der Waals surface area contributed by atoms with E-state index in [1.807, 2.05) is 75.4 Å². The van der Waals surface area contributed by atoms with Crippen molar-refractivity contribution in [3.05, 3.63) is 88.0 Å². The van der Waals surface area contributed by atoms with E-state index < -0.39 is 4.87 Å². The fourth-order valence-corrected chi connectivity index (χ4v) is 4.13. The predicted molar refractivity (Wildman–Crippen MR) is 113 cm³/mol. The molecule has 0 atom stereocenters. The molecule has 0 amide bonds. The summed E-state index contributed by atoms with van der Waals surface area (Å²) in [5.74, 6) is 0. The minimum atomic E-state index is -0.946. The monoisotopic (exact) mass is 365 g/mol. The van der Waals surface area contributed by atoms with Crippen molar-refractivity contribution in [3.63, 3.8) is 0 Å². The molecule has 0 saturated heterocycles. The van der Waals surface area contributed by atoms with Crippen LogP contribution in [0.15, 0.2) is 54.6 Å². The van der Waals surface area contributed by atoms with Crippen LogP contribution in [0.2, 0.25) is 0 Å². The first-order valence-electron chi connectivity index (χ1n) is 8.54. The Labute approximate surface area is 159 Å². The van der Waals surface area contributed by atoms with Gasteiger partial charge in [0, 0.05) is 17.1 Å². The van der Waals surface area contributed by atoms with Crippen molar-refractivity contribution in [2.75, 3.05) is 17.2 Å². The zero-order valence-electron chi connectivity index (χ0n) is 15.3. The third-order valence-electron chi connectivity index (χ3n) is 5.24. The Morgan fingerprint density at radius 3 is 1.12 bits per heavy atom. The smallest absolute Gasteiger partial charge is 0.120 e. The molecule has 0 radical (unpaired) electrons. The number of nitrogens with two attached hydrogens (primary N) is 3. The summed E-state index contributed by atoms with van der Waals surface area (Å²) < 4.78 is 0. The summed E-state index contributed by atoms with van der Waals surface area (Å²) in [6.45, 7) is 5.97. The Hall–Kier alpha value is -2.65. The first-order valence-corrected chi connectivity index (χ1v) is 8.92. The van der Waals surface area contributed by atoms with Crippen molar-refractivity contribution in [1.29, 1.82) is 0 Å². The lowest BCUT2D eigenvalue weighted by Crippen LogP contribution is -2.27. The molecule has 6 N–H and O–H groups in total. The van der Waals surface area contributed by atoms with Crippen LogP contribution in [0.4, 0.5) is 17.1 Å². The van der Waals surface area contributed by atoms with Crippen LogP contribution in [0.25, 0.3) is 0 Å². The van der Waals surface area contributed by atoms with Gasteiger partial charge in [0.1, 0.15) is 4.87 Å². The highest BCUT2D eigenvalue weighted by atomic mass is 35.5. The van der Waals surface area contributed by atoms with Crippen molar-refractivity contribution in [1.82, 2.24) is 0 Å². The number of anilines is 3. The van der Waals surface area contributed by atoms with Crippen molar-refractivity contribution in [2.24, 2.45) is 0 Å². The van der Waals surface area contributed by atoms with E-state index in [9.17, 15) is 0 Å². The van der Waals surface area contributed by atoms with Crippen molar-refractivity contribution in [3.8, 4) is 0 Å². The van der Waals surface area contributed by atoms with Gasteiger partial charge in [-0.15, -0.1) is 11.6 Å². The number of hydrogen-bond donors (Lipinski definition) is 3. The molecule has 3 aromatic rings. The fourth-order valence-electron chi connectivity index (χ4n) is 3.52. The Balaban J connectivity index is 2.46. The molecule has 0 fully saturated rings. The minimum Gasteiger partial charge on any atom is -0.399 e. The molecule has 0 saturated carbocycles. The second-order valence-corrected chi connectivity index (χ2v) is 7.28. The van der Waals surface area contributed by atoms with Crippen molar-refractivity contribution >= 4 is 28.7 Å². The Morgan fingerprint density at radius 1 is 0.577 bits per heavy atom. The van der Waals surface area contributed by atoms with E-state index in [0.29, 0.717) is 17.1 Å². The van der Waals surface area contributed by atoms with Gasteiger partial charge >= 0.3 is 0 Å². The predicted octanol–water partition coefficient (Wildman–Crippen LogP) is 4.89. The largest absolute Gasteiger partial charge is 0.399 e. The maximum Gasteiger partial charge on any atom is 0.120 e. The lowest BCUT2D eigenvalue weighted by molar-refractivity contribution is 0.851. The summed E-state index contributed by atoms with van der Waals surface area (Å²) >= 11 is 7.48. The van der Waals surface area contributed by atoms with E-state index in [0.717, 1.165) is 33.4 Å². The van der Waals surface area contributed by atoms with E-state index in [2.05, 4.69) is 0 Å². The van der Waals surface area contributed by atoms with Crippen LogP contribution < -0.4 is 17.2 Å². The first kappa shape index (κ1) is 18.2. The first-order chi connectivity index (χ1) is 12.3. The molecular weight excluding hydrogens is 342 g/mol. The SMILES string of the molecule is Cc1c(N)cccc1C(Cl)(c1cccc(N)c1C)c1cccc(N)c1C. The van der Waals surface area contributed by atoms with Gasteiger partial charge in [0.25, 0.3) is 0 Å². The van der Waals surface area contributed by atoms with Gasteiger partial charge in [-0.05, 0) is 72.4 Å². The molecule has 3 nitrogen and oxygen atoms in total. The molecule has 0 heterocycles. The van der Waals surface area contributed by atoms with Crippen LogP contribution in [-0.4, -0.2) is 0 Å². The van der Waals surface area contributed by atoms with Gasteiger partial charge in [0.15, 0.2) is 0 Å². The van der Waals surface area contributed by atoms with E-state index in [1.54, 1.807) is 0 Å². The van der Waals surface area contributed by atoms with E-state index >= 15 is 0 Å². The fraction of sp³-hybridized carbons (Fsp3) is 0.182. The summed E-state index contributed by atoms with van der Waals surface area (Å²) in [5.41, 5.74) is 26.4. The normalized spacial score (nSPS) is 11.5.